The highest BCUT2D eigenvalue weighted by Crippen LogP contribution is 2.23. The van der Waals surface area contributed by atoms with Crippen LogP contribution in [0.2, 0.25) is 0 Å². The van der Waals surface area contributed by atoms with Crippen LogP contribution in [0.15, 0.2) is 17.5 Å². The average Bonchev–Trinajstić information content (AvgIpc) is 2.98. The van der Waals surface area contributed by atoms with Crippen molar-refractivity contribution in [2.24, 2.45) is 0 Å². The molecule has 1 unspecified atom stereocenters. The number of hydrogen-bond donors (Lipinski definition) is 3. The summed E-state index contributed by atoms with van der Waals surface area (Å²) in [5.41, 5.74) is -1.20. The van der Waals surface area contributed by atoms with Crippen LogP contribution in [0.3, 0.4) is 0 Å². The monoisotopic (exact) mass is 312 g/mol. The minimum absolute atomic E-state index is 0.0739. The summed E-state index contributed by atoms with van der Waals surface area (Å²) in [5.74, 6) is -0.995. The normalized spacial score (nSPS) is 12.7. The first-order chi connectivity index (χ1) is 9.99. The van der Waals surface area contributed by atoms with Gasteiger partial charge in [0.15, 0.2) is 0 Å². The Morgan fingerprint density at radius 3 is 2.43 bits per heavy atom. The summed E-state index contributed by atoms with van der Waals surface area (Å²) >= 11 is 1.59. The maximum absolute atomic E-state index is 12.2. The molecule has 2 amide bonds. The zero-order valence-corrected chi connectivity index (χ0v) is 13.6. The lowest BCUT2D eigenvalue weighted by atomic mass is 9.93. The molecule has 1 rings (SSSR count). The molecule has 1 aromatic heterocycles. The largest absolute Gasteiger partial charge is 0.480 e. The summed E-state index contributed by atoms with van der Waals surface area (Å²) in [7, 11) is 0. The van der Waals surface area contributed by atoms with Gasteiger partial charge in [0.1, 0.15) is 5.54 Å². The maximum atomic E-state index is 12.2. The molecule has 1 aromatic rings. The third-order valence-electron chi connectivity index (χ3n) is 3.74. The number of amides is 2. The van der Waals surface area contributed by atoms with Crippen molar-refractivity contribution < 1.29 is 14.7 Å². The first kappa shape index (κ1) is 17.5. The molecule has 0 saturated heterocycles. The van der Waals surface area contributed by atoms with E-state index in [2.05, 4.69) is 17.6 Å². The van der Waals surface area contributed by atoms with Crippen molar-refractivity contribution in [3.05, 3.63) is 22.4 Å². The average molecular weight is 312 g/mol. The third kappa shape index (κ3) is 4.46. The number of carbonyl (C=O) groups excluding carboxylic acids is 1. The number of aliphatic carboxylic acids is 1. The van der Waals surface area contributed by atoms with Gasteiger partial charge in [-0.15, -0.1) is 11.3 Å². The van der Waals surface area contributed by atoms with E-state index >= 15 is 0 Å². The third-order valence-corrected chi connectivity index (χ3v) is 4.72. The van der Waals surface area contributed by atoms with Gasteiger partial charge in [-0.05, 0) is 30.7 Å². The summed E-state index contributed by atoms with van der Waals surface area (Å²) in [6, 6.07) is 3.43. The summed E-state index contributed by atoms with van der Waals surface area (Å²) in [6.07, 6.45) is 2.47. The van der Waals surface area contributed by atoms with Crippen molar-refractivity contribution in [2.75, 3.05) is 0 Å². The number of hydrogen-bond acceptors (Lipinski definition) is 3. The Bertz CT molecular complexity index is 455. The van der Waals surface area contributed by atoms with Crippen LogP contribution in [-0.2, 0) is 4.79 Å². The smallest absolute Gasteiger partial charge is 0.329 e. The summed E-state index contributed by atoms with van der Waals surface area (Å²) < 4.78 is 0. The van der Waals surface area contributed by atoms with Crippen molar-refractivity contribution in [2.45, 2.75) is 58.0 Å². The van der Waals surface area contributed by atoms with E-state index in [1.165, 1.54) is 0 Å². The molecule has 5 nitrogen and oxygen atoms in total. The van der Waals surface area contributed by atoms with Crippen molar-refractivity contribution in [3.8, 4) is 0 Å². The quantitative estimate of drug-likeness (QED) is 0.687. The van der Waals surface area contributed by atoms with Crippen molar-refractivity contribution >= 4 is 23.3 Å². The van der Waals surface area contributed by atoms with E-state index in [0.717, 1.165) is 17.7 Å². The van der Waals surface area contributed by atoms with Crippen LogP contribution in [-0.4, -0.2) is 22.6 Å². The zero-order chi connectivity index (χ0) is 15.9. The van der Waals surface area contributed by atoms with E-state index < -0.39 is 17.5 Å². The number of thiophene rings is 1. The molecule has 3 N–H and O–H groups in total. The Hall–Kier alpha value is -1.56. The van der Waals surface area contributed by atoms with Crippen LogP contribution < -0.4 is 10.6 Å². The molecular weight excluding hydrogens is 288 g/mol. The molecule has 21 heavy (non-hydrogen) atoms. The fourth-order valence-electron chi connectivity index (χ4n) is 2.26. The summed E-state index contributed by atoms with van der Waals surface area (Å²) in [4.78, 5) is 24.7. The van der Waals surface area contributed by atoms with E-state index in [1.54, 1.807) is 25.2 Å². The molecule has 0 aliphatic heterocycles. The molecule has 118 valence electrons. The van der Waals surface area contributed by atoms with E-state index in [0.29, 0.717) is 12.8 Å². The van der Waals surface area contributed by atoms with Crippen molar-refractivity contribution in [1.82, 2.24) is 10.6 Å². The number of urea groups is 1. The van der Waals surface area contributed by atoms with Crippen LogP contribution in [0.1, 0.15) is 57.4 Å². The molecule has 0 radical (unpaired) electrons. The Balaban J connectivity index is 2.76. The number of carbonyl (C=O) groups is 2. The van der Waals surface area contributed by atoms with E-state index in [4.69, 9.17) is 0 Å². The molecule has 1 atom stereocenters. The number of carboxylic acid groups (broad SMARTS) is 1. The fraction of sp³-hybridized carbons (Fsp3) is 0.600. The van der Waals surface area contributed by atoms with Gasteiger partial charge in [0.05, 0.1) is 6.04 Å². The van der Waals surface area contributed by atoms with Crippen LogP contribution in [0.4, 0.5) is 4.79 Å². The molecule has 0 saturated carbocycles. The Morgan fingerprint density at radius 2 is 2.00 bits per heavy atom. The van der Waals surface area contributed by atoms with Crippen LogP contribution in [0.5, 0.6) is 0 Å². The zero-order valence-electron chi connectivity index (χ0n) is 12.8. The van der Waals surface area contributed by atoms with Gasteiger partial charge in [-0.3, -0.25) is 0 Å². The van der Waals surface area contributed by atoms with E-state index in [9.17, 15) is 14.7 Å². The molecule has 0 fully saturated rings. The lowest BCUT2D eigenvalue weighted by Gasteiger charge is -2.29. The van der Waals surface area contributed by atoms with E-state index in [-0.39, 0.29) is 6.04 Å². The van der Waals surface area contributed by atoms with Gasteiger partial charge in [-0.25, -0.2) is 9.59 Å². The Morgan fingerprint density at radius 1 is 1.33 bits per heavy atom. The molecule has 0 aromatic carbocycles. The Labute approximate surface area is 129 Å². The van der Waals surface area contributed by atoms with Crippen LogP contribution >= 0.6 is 11.3 Å². The predicted molar refractivity (Wildman–Crippen MR) is 84.6 cm³/mol. The highest BCUT2D eigenvalue weighted by Gasteiger charge is 2.36. The fourth-order valence-corrected chi connectivity index (χ4v) is 3.07. The number of nitrogens with one attached hydrogen (secondary N) is 2. The van der Waals surface area contributed by atoms with Crippen molar-refractivity contribution in [3.63, 3.8) is 0 Å². The molecule has 6 heteroatoms. The van der Waals surface area contributed by atoms with Gasteiger partial charge in [-0.2, -0.15) is 0 Å². The molecule has 0 aliphatic rings. The summed E-state index contributed by atoms with van der Waals surface area (Å²) in [6.45, 7) is 5.58. The highest BCUT2D eigenvalue weighted by atomic mass is 32.1. The van der Waals surface area contributed by atoms with Gasteiger partial charge < -0.3 is 15.7 Å². The SMILES string of the molecule is CCCC(NC(=O)NC(CC)(CC)C(=O)O)c1cccs1. The predicted octanol–water partition coefficient (Wildman–Crippen LogP) is 3.53. The van der Waals surface area contributed by atoms with Gasteiger partial charge in [0.2, 0.25) is 0 Å². The minimum Gasteiger partial charge on any atom is -0.480 e. The van der Waals surface area contributed by atoms with Gasteiger partial charge >= 0.3 is 12.0 Å². The second-order valence-corrected chi connectivity index (χ2v) is 6.03. The molecule has 0 spiro atoms. The topological polar surface area (TPSA) is 78.4 Å². The first-order valence-electron chi connectivity index (χ1n) is 7.34. The molecule has 1 heterocycles. The minimum atomic E-state index is -1.20. The second-order valence-electron chi connectivity index (χ2n) is 5.05. The maximum Gasteiger partial charge on any atom is 0.329 e. The molecule has 0 aliphatic carbocycles. The second kappa shape index (κ2) is 8.02. The van der Waals surface area contributed by atoms with Crippen LogP contribution in [0, 0.1) is 0 Å². The van der Waals surface area contributed by atoms with Gasteiger partial charge in [0, 0.05) is 4.88 Å². The number of rotatable bonds is 8. The lowest BCUT2D eigenvalue weighted by molar-refractivity contribution is -0.144. The molecule has 0 bridgehead atoms. The molecular formula is C15H24N2O3S. The van der Waals surface area contributed by atoms with Crippen molar-refractivity contribution in [1.29, 1.82) is 0 Å². The van der Waals surface area contributed by atoms with Gasteiger partial charge in [0.25, 0.3) is 0 Å². The van der Waals surface area contributed by atoms with E-state index in [1.807, 2.05) is 17.5 Å². The lowest BCUT2D eigenvalue weighted by Crippen LogP contribution is -2.56. The van der Waals surface area contributed by atoms with Crippen LogP contribution in [0.25, 0.3) is 0 Å². The highest BCUT2D eigenvalue weighted by molar-refractivity contribution is 7.10. The van der Waals surface area contributed by atoms with Gasteiger partial charge in [-0.1, -0.05) is 33.3 Å². The number of carboxylic acids is 1. The Kier molecular flexibility index (Phi) is 6.68. The summed E-state index contributed by atoms with van der Waals surface area (Å²) in [5, 5.41) is 16.9. The standard InChI is InChI=1S/C15H24N2O3S/c1-4-8-11(12-9-7-10-21-12)16-14(20)17-15(5-2,6-3)13(18)19/h7,9-11H,4-6,8H2,1-3H3,(H,18,19)(H2,16,17,20). The first-order valence-corrected chi connectivity index (χ1v) is 8.22.